The Hall–Kier alpha value is -0.310. The van der Waals surface area contributed by atoms with Gasteiger partial charge in [-0.1, -0.05) is 6.92 Å². The van der Waals surface area contributed by atoms with Crippen LogP contribution in [0.5, 0.6) is 0 Å². The molecular weight excluding hydrogens is 276 g/mol. The number of nitrogens with zero attached hydrogens (tertiary/aromatic N) is 1. The fraction of sp³-hybridized carbons (Fsp3) is 0.900. The lowest BCUT2D eigenvalue weighted by Crippen LogP contribution is -2.50. The van der Waals surface area contributed by atoms with Crippen molar-refractivity contribution in [3.05, 3.63) is 0 Å². The lowest BCUT2D eigenvalue weighted by molar-refractivity contribution is -0.139. The Balaban J connectivity index is 2.65. The van der Waals surface area contributed by atoms with Gasteiger partial charge < -0.3 is 5.11 Å². The molecule has 0 aliphatic carbocycles. The van der Waals surface area contributed by atoms with Crippen LogP contribution >= 0.6 is 12.6 Å². The highest BCUT2D eigenvalue weighted by molar-refractivity contribution is 7.87. The summed E-state index contributed by atoms with van der Waals surface area (Å²) in [6.07, 6.45) is 1.79. The van der Waals surface area contributed by atoms with Gasteiger partial charge in [0.15, 0.2) is 0 Å². The van der Waals surface area contributed by atoms with E-state index >= 15 is 0 Å². The molecule has 0 aromatic rings. The SMILES string of the molecule is CC1CCN(S(=O)(=O)NC(CCS)C(=O)O)CC1. The molecule has 1 saturated heterocycles. The summed E-state index contributed by atoms with van der Waals surface area (Å²) in [5.41, 5.74) is 0. The fourth-order valence-corrected chi connectivity index (χ4v) is 3.52. The van der Waals surface area contributed by atoms with Crippen LogP contribution in [0.25, 0.3) is 0 Å². The number of rotatable bonds is 6. The maximum absolute atomic E-state index is 12.0. The summed E-state index contributed by atoms with van der Waals surface area (Å²) in [5, 5.41) is 8.93. The Morgan fingerprint density at radius 1 is 1.50 bits per heavy atom. The molecular formula is C10H20N2O4S2. The van der Waals surface area contributed by atoms with Gasteiger partial charge in [-0.05, 0) is 30.9 Å². The quantitative estimate of drug-likeness (QED) is 0.616. The summed E-state index contributed by atoms with van der Waals surface area (Å²) < 4.78 is 27.6. The van der Waals surface area contributed by atoms with Crippen LogP contribution < -0.4 is 4.72 Å². The number of aliphatic carboxylic acids is 1. The van der Waals surface area contributed by atoms with Gasteiger partial charge in [-0.3, -0.25) is 4.79 Å². The number of hydrogen-bond acceptors (Lipinski definition) is 4. The van der Waals surface area contributed by atoms with E-state index in [1.165, 1.54) is 4.31 Å². The second-order valence-electron chi connectivity index (χ2n) is 4.61. The fourth-order valence-electron chi connectivity index (χ4n) is 1.84. The summed E-state index contributed by atoms with van der Waals surface area (Å²) in [4.78, 5) is 10.9. The molecule has 8 heteroatoms. The molecule has 1 unspecified atom stereocenters. The van der Waals surface area contributed by atoms with Gasteiger partial charge in [-0.25, -0.2) is 0 Å². The summed E-state index contributed by atoms with van der Waals surface area (Å²) >= 11 is 3.93. The highest BCUT2D eigenvalue weighted by Gasteiger charge is 2.30. The van der Waals surface area contributed by atoms with Crippen LogP contribution in [-0.2, 0) is 15.0 Å². The van der Waals surface area contributed by atoms with E-state index in [1.807, 2.05) is 0 Å². The number of carboxylic acid groups (broad SMARTS) is 1. The summed E-state index contributed by atoms with van der Waals surface area (Å²) in [6, 6.07) is -1.10. The first kappa shape index (κ1) is 15.7. The lowest BCUT2D eigenvalue weighted by atomic mass is 10.0. The van der Waals surface area contributed by atoms with Crippen molar-refractivity contribution in [1.29, 1.82) is 0 Å². The van der Waals surface area contributed by atoms with E-state index in [1.54, 1.807) is 0 Å². The van der Waals surface area contributed by atoms with Crippen LogP contribution in [-0.4, -0.2) is 48.7 Å². The van der Waals surface area contributed by atoms with Crippen LogP contribution in [0.1, 0.15) is 26.2 Å². The first-order valence-corrected chi connectivity index (χ1v) is 8.05. The highest BCUT2D eigenvalue weighted by atomic mass is 32.2. The van der Waals surface area contributed by atoms with E-state index in [-0.39, 0.29) is 6.42 Å². The summed E-state index contributed by atoms with van der Waals surface area (Å²) in [5.74, 6) is -0.335. The van der Waals surface area contributed by atoms with Crippen molar-refractivity contribution >= 4 is 28.8 Å². The van der Waals surface area contributed by atoms with Crippen molar-refractivity contribution in [3.8, 4) is 0 Å². The molecule has 106 valence electrons. The predicted octanol–water partition coefficient (Wildman–Crippen LogP) is 0.326. The average Bonchev–Trinajstić information content (AvgIpc) is 2.28. The van der Waals surface area contributed by atoms with Gasteiger partial charge in [0, 0.05) is 13.1 Å². The molecule has 0 radical (unpaired) electrons. The Kier molecular flexibility index (Phi) is 5.90. The monoisotopic (exact) mass is 296 g/mol. The van der Waals surface area contributed by atoms with E-state index in [9.17, 15) is 13.2 Å². The molecule has 1 rings (SSSR count). The molecule has 1 heterocycles. The van der Waals surface area contributed by atoms with Crippen molar-refractivity contribution in [2.75, 3.05) is 18.8 Å². The molecule has 1 atom stereocenters. The van der Waals surface area contributed by atoms with Crippen molar-refractivity contribution < 1.29 is 18.3 Å². The van der Waals surface area contributed by atoms with Crippen molar-refractivity contribution in [2.45, 2.75) is 32.2 Å². The van der Waals surface area contributed by atoms with E-state index in [2.05, 4.69) is 24.3 Å². The summed E-state index contributed by atoms with van der Waals surface area (Å²) in [7, 11) is -3.70. The third-order valence-corrected chi connectivity index (χ3v) is 4.98. The third-order valence-electron chi connectivity index (χ3n) is 3.09. The number of carboxylic acids is 1. The highest BCUT2D eigenvalue weighted by Crippen LogP contribution is 2.18. The Morgan fingerprint density at radius 2 is 2.06 bits per heavy atom. The number of thiol groups is 1. The zero-order chi connectivity index (χ0) is 13.8. The van der Waals surface area contributed by atoms with Gasteiger partial charge >= 0.3 is 5.97 Å². The van der Waals surface area contributed by atoms with Gasteiger partial charge in [0.2, 0.25) is 0 Å². The van der Waals surface area contributed by atoms with Crippen molar-refractivity contribution in [3.63, 3.8) is 0 Å². The minimum Gasteiger partial charge on any atom is -0.480 e. The molecule has 0 saturated carbocycles. The second-order valence-corrected chi connectivity index (χ2v) is 6.76. The largest absolute Gasteiger partial charge is 0.480 e. The molecule has 2 N–H and O–H groups in total. The Morgan fingerprint density at radius 3 is 2.50 bits per heavy atom. The van der Waals surface area contributed by atoms with Crippen LogP contribution in [0.4, 0.5) is 0 Å². The van der Waals surface area contributed by atoms with Gasteiger partial charge in [0.1, 0.15) is 6.04 Å². The molecule has 1 aliphatic rings. The summed E-state index contributed by atoms with van der Waals surface area (Å²) in [6.45, 7) is 2.98. The maximum atomic E-state index is 12.0. The number of piperidine rings is 1. The standard InChI is InChI=1S/C10H20N2O4S2/c1-8-2-5-12(6-3-8)18(15,16)11-9(4-7-17)10(13)14/h8-9,11,17H,2-7H2,1H3,(H,13,14). The predicted molar refractivity (Wildman–Crippen MR) is 71.9 cm³/mol. The normalized spacial score (nSPS) is 20.8. The zero-order valence-electron chi connectivity index (χ0n) is 10.4. The maximum Gasteiger partial charge on any atom is 0.321 e. The minimum atomic E-state index is -3.70. The molecule has 1 fully saturated rings. The molecule has 0 bridgehead atoms. The molecule has 18 heavy (non-hydrogen) atoms. The van der Waals surface area contributed by atoms with Gasteiger partial charge in [0.25, 0.3) is 10.2 Å². The van der Waals surface area contributed by atoms with Crippen LogP contribution in [0.2, 0.25) is 0 Å². The van der Waals surface area contributed by atoms with E-state index in [4.69, 9.17) is 5.11 Å². The van der Waals surface area contributed by atoms with Crippen LogP contribution in [0.15, 0.2) is 0 Å². The first-order chi connectivity index (χ1) is 8.36. The van der Waals surface area contributed by atoms with Gasteiger partial charge in [-0.15, -0.1) is 0 Å². The Bertz CT molecular complexity index is 377. The van der Waals surface area contributed by atoms with E-state index < -0.39 is 22.2 Å². The molecule has 1 aliphatic heterocycles. The Labute approximate surface area is 113 Å². The van der Waals surface area contributed by atoms with Crippen molar-refractivity contribution in [2.24, 2.45) is 5.92 Å². The molecule has 6 nitrogen and oxygen atoms in total. The van der Waals surface area contributed by atoms with Crippen LogP contribution in [0.3, 0.4) is 0 Å². The molecule has 0 aromatic carbocycles. The zero-order valence-corrected chi connectivity index (χ0v) is 12.1. The topological polar surface area (TPSA) is 86.7 Å². The molecule has 0 spiro atoms. The van der Waals surface area contributed by atoms with Gasteiger partial charge in [-0.2, -0.15) is 30.1 Å². The first-order valence-electron chi connectivity index (χ1n) is 5.98. The van der Waals surface area contributed by atoms with Crippen LogP contribution in [0, 0.1) is 5.92 Å². The second kappa shape index (κ2) is 6.74. The molecule has 0 amide bonds. The van der Waals surface area contributed by atoms with Gasteiger partial charge in [0.05, 0.1) is 0 Å². The molecule has 0 aromatic heterocycles. The van der Waals surface area contributed by atoms with E-state index in [0.29, 0.717) is 24.8 Å². The third kappa shape index (κ3) is 4.42. The average molecular weight is 296 g/mol. The smallest absolute Gasteiger partial charge is 0.321 e. The van der Waals surface area contributed by atoms with Crippen molar-refractivity contribution in [1.82, 2.24) is 9.03 Å². The number of nitrogens with one attached hydrogen (secondary N) is 1. The van der Waals surface area contributed by atoms with E-state index in [0.717, 1.165) is 12.8 Å². The minimum absolute atomic E-state index is 0.169. The number of carbonyl (C=O) groups is 1. The number of hydrogen-bond donors (Lipinski definition) is 3. The lowest BCUT2D eigenvalue weighted by Gasteiger charge is -2.30.